The van der Waals surface area contributed by atoms with Gasteiger partial charge in [-0.1, -0.05) is 24.3 Å². The molecular weight excluding hydrogens is 218 g/mol. The highest BCUT2D eigenvalue weighted by Crippen LogP contribution is 2.25. The fourth-order valence-electron chi connectivity index (χ4n) is 1.93. The van der Waals surface area contributed by atoms with Gasteiger partial charge in [-0.05, 0) is 31.9 Å². The number of nitrogens with one attached hydrogen (secondary N) is 1. The summed E-state index contributed by atoms with van der Waals surface area (Å²) < 4.78 is 0. The Labute approximate surface area is 101 Å². The lowest BCUT2D eigenvalue weighted by Crippen LogP contribution is -2.51. The SMILES string of the molecule is Cc1ccccc1C(C)(NC(C)CO)C(=O)O. The van der Waals surface area contributed by atoms with Crippen molar-refractivity contribution in [2.75, 3.05) is 6.61 Å². The van der Waals surface area contributed by atoms with Gasteiger partial charge in [0.05, 0.1) is 6.61 Å². The molecule has 1 aromatic carbocycles. The van der Waals surface area contributed by atoms with Crippen molar-refractivity contribution in [1.82, 2.24) is 5.32 Å². The third-order valence-corrected chi connectivity index (χ3v) is 2.92. The Bertz CT molecular complexity index is 405. The van der Waals surface area contributed by atoms with Crippen LogP contribution in [0.15, 0.2) is 24.3 Å². The number of aliphatic hydroxyl groups is 1. The number of carbonyl (C=O) groups is 1. The summed E-state index contributed by atoms with van der Waals surface area (Å²) in [6.45, 7) is 5.14. The molecule has 2 unspecified atom stereocenters. The number of hydrogen-bond acceptors (Lipinski definition) is 3. The second-order valence-corrected chi connectivity index (χ2v) is 4.47. The summed E-state index contributed by atoms with van der Waals surface area (Å²) in [6, 6.07) is 7.07. The van der Waals surface area contributed by atoms with Gasteiger partial charge in [-0.2, -0.15) is 0 Å². The molecule has 17 heavy (non-hydrogen) atoms. The maximum Gasteiger partial charge on any atom is 0.328 e. The molecule has 0 aromatic heterocycles. The maximum atomic E-state index is 11.5. The minimum atomic E-state index is -1.19. The summed E-state index contributed by atoms with van der Waals surface area (Å²) in [6.07, 6.45) is 0. The monoisotopic (exact) mass is 237 g/mol. The van der Waals surface area contributed by atoms with E-state index < -0.39 is 11.5 Å². The third-order valence-electron chi connectivity index (χ3n) is 2.92. The lowest BCUT2D eigenvalue weighted by Gasteiger charge is -2.31. The molecule has 0 fully saturated rings. The zero-order valence-electron chi connectivity index (χ0n) is 10.4. The van der Waals surface area contributed by atoms with Crippen molar-refractivity contribution in [2.24, 2.45) is 0 Å². The first-order valence-corrected chi connectivity index (χ1v) is 5.60. The van der Waals surface area contributed by atoms with Crippen LogP contribution in [0.3, 0.4) is 0 Å². The molecule has 3 N–H and O–H groups in total. The number of benzene rings is 1. The van der Waals surface area contributed by atoms with Crippen LogP contribution in [-0.4, -0.2) is 28.8 Å². The summed E-state index contributed by atoms with van der Waals surface area (Å²) in [5.41, 5.74) is 0.441. The predicted molar refractivity (Wildman–Crippen MR) is 65.9 cm³/mol. The van der Waals surface area contributed by atoms with E-state index >= 15 is 0 Å². The molecule has 0 heterocycles. The van der Waals surface area contributed by atoms with Crippen LogP contribution in [0.2, 0.25) is 0 Å². The van der Waals surface area contributed by atoms with E-state index in [0.29, 0.717) is 5.56 Å². The van der Waals surface area contributed by atoms with E-state index in [2.05, 4.69) is 5.32 Å². The number of carboxylic acid groups (broad SMARTS) is 1. The quantitative estimate of drug-likeness (QED) is 0.721. The second-order valence-electron chi connectivity index (χ2n) is 4.47. The van der Waals surface area contributed by atoms with Crippen molar-refractivity contribution in [3.8, 4) is 0 Å². The van der Waals surface area contributed by atoms with Crippen molar-refractivity contribution in [1.29, 1.82) is 0 Å². The highest BCUT2D eigenvalue weighted by molar-refractivity contribution is 5.80. The van der Waals surface area contributed by atoms with Crippen LogP contribution in [-0.2, 0) is 10.3 Å². The number of aliphatic carboxylic acids is 1. The highest BCUT2D eigenvalue weighted by atomic mass is 16.4. The molecular formula is C13H19NO3. The number of aryl methyl sites for hydroxylation is 1. The molecule has 4 nitrogen and oxygen atoms in total. The molecule has 0 radical (unpaired) electrons. The Balaban J connectivity index is 3.17. The van der Waals surface area contributed by atoms with Crippen LogP contribution in [0, 0.1) is 6.92 Å². The van der Waals surface area contributed by atoms with E-state index in [1.54, 1.807) is 19.9 Å². The van der Waals surface area contributed by atoms with Gasteiger partial charge in [0, 0.05) is 6.04 Å². The van der Waals surface area contributed by atoms with Gasteiger partial charge in [0.2, 0.25) is 0 Å². The van der Waals surface area contributed by atoms with Crippen molar-refractivity contribution in [3.05, 3.63) is 35.4 Å². The summed E-state index contributed by atoms with van der Waals surface area (Å²) in [7, 11) is 0. The minimum Gasteiger partial charge on any atom is -0.480 e. The van der Waals surface area contributed by atoms with Gasteiger partial charge in [-0.3, -0.25) is 5.32 Å². The van der Waals surface area contributed by atoms with E-state index in [9.17, 15) is 9.90 Å². The molecule has 0 bridgehead atoms. The summed E-state index contributed by atoms with van der Waals surface area (Å²) in [4.78, 5) is 11.5. The first-order valence-electron chi connectivity index (χ1n) is 5.60. The number of aliphatic hydroxyl groups excluding tert-OH is 1. The highest BCUT2D eigenvalue weighted by Gasteiger charge is 2.37. The van der Waals surface area contributed by atoms with E-state index in [-0.39, 0.29) is 12.6 Å². The van der Waals surface area contributed by atoms with Crippen LogP contribution >= 0.6 is 0 Å². The van der Waals surface area contributed by atoms with Gasteiger partial charge in [-0.15, -0.1) is 0 Å². The van der Waals surface area contributed by atoms with Crippen LogP contribution in [0.4, 0.5) is 0 Å². The van der Waals surface area contributed by atoms with Crippen LogP contribution in [0.1, 0.15) is 25.0 Å². The molecule has 0 saturated heterocycles. The molecule has 0 spiro atoms. The van der Waals surface area contributed by atoms with Crippen molar-refractivity contribution < 1.29 is 15.0 Å². The van der Waals surface area contributed by atoms with Crippen LogP contribution < -0.4 is 5.32 Å². The van der Waals surface area contributed by atoms with Gasteiger partial charge in [-0.25, -0.2) is 4.79 Å². The van der Waals surface area contributed by atoms with Gasteiger partial charge in [0.25, 0.3) is 0 Å². The van der Waals surface area contributed by atoms with E-state index in [0.717, 1.165) is 5.56 Å². The van der Waals surface area contributed by atoms with E-state index in [4.69, 9.17) is 5.11 Å². The van der Waals surface area contributed by atoms with Gasteiger partial charge >= 0.3 is 5.97 Å². The normalized spacial score (nSPS) is 16.2. The number of rotatable bonds is 5. The average molecular weight is 237 g/mol. The van der Waals surface area contributed by atoms with E-state index in [1.165, 1.54) is 0 Å². The molecule has 0 aliphatic carbocycles. The average Bonchev–Trinajstić information content (AvgIpc) is 2.28. The van der Waals surface area contributed by atoms with Crippen LogP contribution in [0.5, 0.6) is 0 Å². The Morgan fingerprint density at radius 1 is 1.47 bits per heavy atom. The fraction of sp³-hybridized carbons (Fsp3) is 0.462. The van der Waals surface area contributed by atoms with E-state index in [1.807, 2.05) is 25.1 Å². The summed E-state index contributed by atoms with van der Waals surface area (Å²) in [5.74, 6) is -0.952. The minimum absolute atomic E-state index is 0.102. The van der Waals surface area contributed by atoms with Gasteiger partial charge in [0.15, 0.2) is 0 Å². The zero-order valence-corrected chi connectivity index (χ0v) is 10.4. The molecule has 1 rings (SSSR count). The van der Waals surface area contributed by atoms with Crippen LogP contribution in [0.25, 0.3) is 0 Å². The molecule has 0 aliphatic heterocycles. The lowest BCUT2D eigenvalue weighted by molar-refractivity contribution is -0.145. The Hall–Kier alpha value is -1.39. The zero-order chi connectivity index (χ0) is 13.1. The molecule has 0 saturated carbocycles. The Kier molecular flexibility index (Phi) is 4.26. The first kappa shape index (κ1) is 13.7. The second kappa shape index (κ2) is 5.29. The van der Waals surface area contributed by atoms with Crippen molar-refractivity contribution in [2.45, 2.75) is 32.4 Å². The Morgan fingerprint density at radius 3 is 2.53 bits per heavy atom. The topological polar surface area (TPSA) is 69.6 Å². The Morgan fingerprint density at radius 2 is 2.06 bits per heavy atom. The molecule has 0 aliphatic rings. The maximum absolute atomic E-state index is 11.5. The summed E-state index contributed by atoms with van der Waals surface area (Å²) in [5, 5.41) is 21.4. The first-order chi connectivity index (χ1) is 7.91. The largest absolute Gasteiger partial charge is 0.480 e. The molecule has 4 heteroatoms. The van der Waals surface area contributed by atoms with Crippen molar-refractivity contribution in [3.63, 3.8) is 0 Å². The standard InChI is InChI=1S/C13H19NO3/c1-9-6-4-5-7-11(9)13(3,12(16)17)14-10(2)8-15/h4-7,10,14-15H,8H2,1-3H3,(H,16,17). The van der Waals surface area contributed by atoms with Gasteiger partial charge < -0.3 is 10.2 Å². The van der Waals surface area contributed by atoms with Crippen molar-refractivity contribution >= 4 is 5.97 Å². The third kappa shape index (κ3) is 2.84. The fourth-order valence-corrected chi connectivity index (χ4v) is 1.93. The predicted octanol–water partition coefficient (Wildman–Crippen LogP) is 1.27. The summed E-state index contributed by atoms with van der Waals surface area (Å²) >= 11 is 0. The lowest BCUT2D eigenvalue weighted by atomic mass is 9.88. The molecule has 0 amide bonds. The molecule has 2 atom stereocenters. The molecule has 1 aromatic rings. The number of hydrogen-bond donors (Lipinski definition) is 3. The molecule has 94 valence electrons. The number of carboxylic acids is 1. The van der Waals surface area contributed by atoms with Gasteiger partial charge in [0.1, 0.15) is 5.54 Å². The smallest absolute Gasteiger partial charge is 0.328 e.